The molecule has 2 aliphatic rings. The van der Waals surface area contributed by atoms with Gasteiger partial charge in [0.15, 0.2) is 0 Å². The lowest BCUT2D eigenvalue weighted by Gasteiger charge is -2.38. The van der Waals surface area contributed by atoms with Crippen LogP contribution in [0.2, 0.25) is 5.02 Å². The Morgan fingerprint density at radius 1 is 1.03 bits per heavy atom. The Balaban J connectivity index is 1.18. The molecule has 172 valence electrons. The first-order valence-corrected chi connectivity index (χ1v) is 11.4. The van der Waals surface area contributed by atoms with Gasteiger partial charge in [0.05, 0.1) is 6.54 Å². The van der Waals surface area contributed by atoms with Gasteiger partial charge in [0.1, 0.15) is 30.3 Å². The van der Waals surface area contributed by atoms with Gasteiger partial charge in [-0.3, -0.25) is 4.90 Å². The predicted molar refractivity (Wildman–Crippen MR) is 123 cm³/mol. The van der Waals surface area contributed by atoms with Crippen molar-refractivity contribution in [2.75, 3.05) is 45.9 Å². The average Bonchev–Trinajstić information content (AvgIpc) is 3.20. The Morgan fingerprint density at radius 3 is 2.50 bits per heavy atom. The van der Waals surface area contributed by atoms with Gasteiger partial charge in [0.25, 0.3) is 0 Å². The minimum atomic E-state index is -0.817. The second-order valence-electron chi connectivity index (χ2n) is 8.46. The summed E-state index contributed by atoms with van der Waals surface area (Å²) in [6.45, 7) is 5.23. The summed E-state index contributed by atoms with van der Waals surface area (Å²) in [6.07, 6.45) is 1.33. The number of carbonyl (C=O) groups is 1. The highest BCUT2D eigenvalue weighted by molar-refractivity contribution is 6.30. The van der Waals surface area contributed by atoms with Crippen LogP contribution in [-0.4, -0.2) is 72.5 Å². The van der Waals surface area contributed by atoms with Crippen molar-refractivity contribution in [2.24, 2.45) is 0 Å². The van der Waals surface area contributed by atoms with E-state index in [1.807, 2.05) is 24.3 Å². The largest absolute Gasteiger partial charge is 0.492 e. The molecule has 2 aromatic carbocycles. The number of urea groups is 1. The lowest BCUT2D eigenvalue weighted by molar-refractivity contribution is -0.0537. The van der Waals surface area contributed by atoms with E-state index in [4.69, 9.17) is 21.1 Å². The van der Waals surface area contributed by atoms with E-state index >= 15 is 0 Å². The summed E-state index contributed by atoms with van der Waals surface area (Å²) in [5.41, 5.74) is 0.389. The predicted octanol–water partition coefficient (Wildman–Crippen LogP) is 3.15. The standard InChI is InChI=1S/C24H30ClN3O4/c25-20-2-1-3-22(16-20)32-18-24(30)8-11-27(12-9-24)17-19-4-6-21(7-5-19)31-15-14-28-13-10-26-23(28)29/h1-7,16,30H,8-15,17-18H2,(H,26,29). The maximum Gasteiger partial charge on any atom is 0.317 e. The van der Waals surface area contributed by atoms with Gasteiger partial charge in [-0.05, 0) is 48.7 Å². The number of halogens is 1. The number of rotatable bonds is 9. The number of hydrogen-bond acceptors (Lipinski definition) is 5. The Hall–Kier alpha value is -2.48. The SMILES string of the molecule is O=C1NCCN1CCOc1ccc(CN2CCC(O)(COc3cccc(Cl)c3)CC2)cc1. The molecule has 0 bridgehead atoms. The van der Waals surface area contributed by atoms with Crippen LogP contribution in [0.15, 0.2) is 48.5 Å². The van der Waals surface area contributed by atoms with Gasteiger partial charge in [-0.15, -0.1) is 0 Å². The minimum Gasteiger partial charge on any atom is -0.492 e. The van der Waals surface area contributed by atoms with E-state index in [2.05, 4.69) is 22.3 Å². The zero-order chi connectivity index (χ0) is 22.4. The molecule has 0 radical (unpaired) electrons. The molecule has 2 aliphatic heterocycles. The van der Waals surface area contributed by atoms with Gasteiger partial charge in [-0.25, -0.2) is 4.79 Å². The zero-order valence-corrected chi connectivity index (χ0v) is 18.9. The minimum absolute atomic E-state index is 0.0200. The maximum atomic E-state index is 11.5. The molecule has 4 rings (SSSR count). The van der Waals surface area contributed by atoms with Gasteiger partial charge < -0.3 is 24.8 Å². The fourth-order valence-corrected chi connectivity index (χ4v) is 4.17. The van der Waals surface area contributed by atoms with Crippen molar-refractivity contribution in [3.8, 4) is 11.5 Å². The molecular formula is C24H30ClN3O4. The molecular weight excluding hydrogens is 430 g/mol. The highest BCUT2D eigenvalue weighted by Crippen LogP contribution is 2.26. The number of benzene rings is 2. The summed E-state index contributed by atoms with van der Waals surface area (Å²) in [4.78, 5) is 15.6. The Bertz CT molecular complexity index is 900. The quantitative estimate of drug-likeness (QED) is 0.602. The molecule has 7 nitrogen and oxygen atoms in total. The average molecular weight is 460 g/mol. The normalized spacial score (nSPS) is 18.4. The molecule has 2 amide bonds. The third-order valence-corrected chi connectivity index (χ3v) is 6.23. The van der Waals surface area contributed by atoms with Gasteiger partial charge in [-0.2, -0.15) is 0 Å². The van der Waals surface area contributed by atoms with E-state index in [-0.39, 0.29) is 12.6 Å². The number of hydrogen-bond donors (Lipinski definition) is 2. The van der Waals surface area contributed by atoms with E-state index in [1.54, 1.807) is 17.0 Å². The van der Waals surface area contributed by atoms with Crippen molar-refractivity contribution in [1.82, 2.24) is 15.1 Å². The zero-order valence-electron chi connectivity index (χ0n) is 18.1. The summed E-state index contributed by atoms with van der Waals surface area (Å²) >= 11 is 5.99. The first kappa shape index (κ1) is 22.7. The van der Waals surface area contributed by atoms with E-state index in [9.17, 15) is 9.90 Å². The molecule has 0 aliphatic carbocycles. The molecule has 2 aromatic rings. The molecule has 2 N–H and O–H groups in total. The van der Waals surface area contributed by atoms with Crippen LogP contribution >= 0.6 is 11.6 Å². The van der Waals surface area contributed by atoms with E-state index in [0.717, 1.165) is 31.9 Å². The van der Waals surface area contributed by atoms with E-state index in [0.29, 0.717) is 43.3 Å². The summed E-state index contributed by atoms with van der Waals surface area (Å²) in [5.74, 6) is 1.49. The number of amides is 2. The highest BCUT2D eigenvalue weighted by Gasteiger charge is 2.33. The van der Waals surface area contributed by atoms with Crippen molar-refractivity contribution >= 4 is 17.6 Å². The van der Waals surface area contributed by atoms with Crippen LogP contribution < -0.4 is 14.8 Å². The van der Waals surface area contributed by atoms with Gasteiger partial charge in [0, 0.05) is 37.7 Å². The van der Waals surface area contributed by atoms with Crippen LogP contribution in [0.25, 0.3) is 0 Å². The van der Waals surface area contributed by atoms with Crippen LogP contribution in [0.3, 0.4) is 0 Å². The third-order valence-electron chi connectivity index (χ3n) is 5.99. The number of carbonyl (C=O) groups excluding carboxylic acids is 1. The first-order valence-electron chi connectivity index (χ1n) is 11.1. The van der Waals surface area contributed by atoms with Crippen molar-refractivity contribution in [3.63, 3.8) is 0 Å². The molecule has 0 saturated carbocycles. The third kappa shape index (κ3) is 6.28. The highest BCUT2D eigenvalue weighted by atomic mass is 35.5. The van der Waals surface area contributed by atoms with Crippen LogP contribution in [0.1, 0.15) is 18.4 Å². The van der Waals surface area contributed by atoms with E-state index < -0.39 is 5.60 Å². The topological polar surface area (TPSA) is 74.3 Å². The molecule has 0 spiro atoms. The Kier molecular flexibility index (Phi) is 7.40. The van der Waals surface area contributed by atoms with Gasteiger partial charge in [-0.1, -0.05) is 29.8 Å². The summed E-state index contributed by atoms with van der Waals surface area (Å²) < 4.78 is 11.5. The van der Waals surface area contributed by atoms with Crippen molar-refractivity contribution < 1.29 is 19.4 Å². The number of aliphatic hydroxyl groups is 1. The van der Waals surface area contributed by atoms with Crippen LogP contribution in [0, 0.1) is 0 Å². The molecule has 32 heavy (non-hydrogen) atoms. The lowest BCUT2D eigenvalue weighted by atomic mass is 9.92. The Morgan fingerprint density at radius 2 is 1.81 bits per heavy atom. The fourth-order valence-electron chi connectivity index (χ4n) is 3.99. The summed E-state index contributed by atoms with van der Waals surface area (Å²) in [7, 11) is 0. The van der Waals surface area contributed by atoms with Crippen molar-refractivity contribution in [2.45, 2.75) is 25.0 Å². The van der Waals surface area contributed by atoms with Gasteiger partial charge in [0.2, 0.25) is 0 Å². The number of nitrogens with zero attached hydrogens (tertiary/aromatic N) is 2. The second kappa shape index (κ2) is 10.4. The Labute approximate surface area is 193 Å². The fraction of sp³-hybridized carbons (Fsp3) is 0.458. The number of nitrogens with one attached hydrogen (secondary N) is 1. The molecule has 0 atom stereocenters. The monoisotopic (exact) mass is 459 g/mol. The molecule has 2 saturated heterocycles. The summed E-state index contributed by atoms with van der Waals surface area (Å²) in [5, 5.41) is 14.3. The molecule has 0 unspecified atom stereocenters. The van der Waals surface area contributed by atoms with Crippen LogP contribution in [0.5, 0.6) is 11.5 Å². The lowest BCUT2D eigenvalue weighted by Crippen LogP contribution is -2.47. The second-order valence-corrected chi connectivity index (χ2v) is 8.89. The van der Waals surface area contributed by atoms with Gasteiger partial charge >= 0.3 is 6.03 Å². The molecule has 0 aromatic heterocycles. The maximum absolute atomic E-state index is 11.5. The summed E-state index contributed by atoms with van der Waals surface area (Å²) in [6, 6.07) is 15.3. The van der Waals surface area contributed by atoms with Crippen LogP contribution in [-0.2, 0) is 6.54 Å². The first-order chi connectivity index (χ1) is 15.5. The smallest absolute Gasteiger partial charge is 0.317 e. The molecule has 2 fully saturated rings. The van der Waals surface area contributed by atoms with Crippen molar-refractivity contribution in [1.29, 1.82) is 0 Å². The molecule has 2 heterocycles. The van der Waals surface area contributed by atoms with E-state index in [1.165, 1.54) is 5.56 Å². The van der Waals surface area contributed by atoms with Crippen LogP contribution in [0.4, 0.5) is 4.79 Å². The number of ether oxygens (including phenoxy) is 2. The van der Waals surface area contributed by atoms with Crippen molar-refractivity contribution in [3.05, 3.63) is 59.1 Å². The molecule has 8 heteroatoms. The number of piperidine rings is 1. The number of likely N-dealkylation sites (tertiary alicyclic amines) is 1.